The molecule has 5 heteroatoms. The molecule has 0 aromatic heterocycles. The molecule has 0 bridgehead atoms. The quantitative estimate of drug-likeness (QED) is 0.846. The van der Waals surface area contributed by atoms with Gasteiger partial charge in [-0.25, -0.2) is 0 Å². The van der Waals surface area contributed by atoms with Crippen LogP contribution in [0.3, 0.4) is 0 Å². The van der Waals surface area contributed by atoms with Crippen LogP contribution < -0.4 is 10.6 Å². The van der Waals surface area contributed by atoms with E-state index in [1.165, 1.54) is 0 Å². The number of ether oxygens (including phenoxy) is 1. The molecule has 1 aromatic rings. The third-order valence-electron chi connectivity index (χ3n) is 3.82. The van der Waals surface area contributed by atoms with Gasteiger partial charge in [-0.2, -0.15) is 0 Å². The maximum atomic E-state index is 12.4. The second-order valence-electron chi connectivity index (χ2n) is 6.27. The first-order valence-corrected chi connectivity index (χ1v) is 8.32. The maximum absolute atomic E-state index is 12.4. The zero-order chi connectivity index (χ0) is 16.7. The van der Waals surface area contributed by atoms with Crippen molar-refractivity contribution >= 4 is 11.8 Å². The molecule has 1 aliphatic rings. The molecule has 0 radical (unpaired) electrons. The Morgan fingerprint density at radius 2 is 1.91 bits per heavy atom. The van der Waals surface area contributed by atoms with Crippen molar-refractivity contribution in [1.29, 1.82) is 0 Å². The van der Waals surface area contributed by atoms with E-state index in [0.717, 1.165) is 24.8 Å². The minimum absolute atomic E-state index is 0.0206. The lowest BCUT2D eigenvalue weighted by atomic mass is 10.0. The standard InChI is InChI=1S/C18H26N2O3/c1-13(2)19-18(22)17(14-8-4-3-5-9-14)20-16(21)12-15-10-6-7-11-23-15/h3-5,8-9,13,15,17H,6-7,10-12H2,1-2H3,(H,19,22)(H,20,21). The van der Waals surface area contributed by atoms with E-state index in [4.69, 9.17) is 4.74 Å². The minimum atomic E-state index is -0.672. The summed E-state index contributed by atoms with van der Waals surface area (Å²) in [6.45, 7) is 4.52. The van der Waals surface area contributed by atoms with Crippen LogP contribution in [0.5, 0.6) is 0 Å². The van der Waals surface area contributed by atoms with Gasteiger partial charge in [0.15, 0.2) is 0 Å². The fourth-order valence-electron chi connectivity index (χ4n) is 2.71. The van der Waals surface area contributed by atoms with Gasteiger partial charge in [0.2, 0.25) is 11.8 Å². The monoisotopic (exact) mass is 318 g/mol. The molecular weight excluding hydrogens is 292 g/mol. The zero-order valence-corrected chi connectivity index (χ0v) is 13.9. The van der Waals surface area contributed by atoms with Crippen LogP contribution in [0.15, 0.2) is 30.3 Å². The Balaban J connectivity index is 2.01. The van der Waals surface area contributed by atoms with Crippen molar-refractivity contribution in [3.05, 3.63) is 35.9 Å². The summed E-state index contributed by atoms with van der Waals surface area (Å²) in [4.78, 5) is 24.7. The van der Waals surface area contributed by atoms with Crippen molar-refractivity contribution in [2.45, 2.75) is 57.7 Å². The summed E-state index contributed by atoms with van der Waals surface area (Å²) in [6, 6.07) is 8.66. The van der Waals surface area contributed by atoms with Gasteiger partial charge >= 0.3 is 0 Å². The second-order valence-corrected chi connectivity index (χ2v) is 6.27. The van der Waals surface area contributed by atoms with Crippen LogP contribution in [-0.2, 0) is 14.3 Å². The summed E-state index contributed by atoms with van der Waals surface area (Å²) in [5, 5.41) is 5.72. The van der Waals surface area contributed by atoms with Crippen molar-refractivity contribution in [3.63, 3.8) is 0 Å². The smallest absolute Gasteiger partial charge is 0.247 e. The van der Waals surface area contributed by atoms with Crippen LogP contribution in [0.1, 0.15) is 51.1 Å². The van der Waals surface area contributed by atoms with Crippen molar-refractivity contribution in [2.75, 3.05) is 6.61 Å². The van der Waals surface area contributed by atoms with Crippen LogP contribution in [0, 0.1) is 0 Å². The van der Waals surface area contributed by atoms with Gasteiger partial charge in [-0.3, -0.25) is 9.59 Å². The van der Waals surface area contributed by atoms with Crippen LogP contribution in [0.4, 0.5) is 0 Å². The largest absolute Gasteiger partial charge is 0.378 e. The van der Waals surface area contributed by atoms with E-state index in [9.17, 15) is 9.59 Å². The SMILES string of the molecule is CC(C)NC(=O)C(NC(=O)CC1CCCCO1)c1ccccc1. The molecule has 2 unspecified atom stereocenters. The van der Waals surface area contributed by atoms with Gasteiger partial charge in [0.1, 0.15) is 6.04 Å². The summed E-state index contributed by atoms with van der Waals surface area (Å²) in [6.07, 6.45) is 3.32. The number of carbonyl (C=O) groups is 2. The number of hydrogen-bond acceptors (Lipinski definition) is 3. The van der Waals surface area contributed by atoms with E-state index < -0.39 is 6.04 Å². The summed E-state index contributed by atoms with van der Waals surface area (Å²) >= 11 is 0. The molecule has 2 atom stereocenters. The van der Waals surface area contributed by atoms with Crippen molar-refractivity contribution in [1.82, 2.24) is 10.6 Å². The first-order chi connectivity index (χ1) is 11.1. The molecule has 1 aromatic carbocycles. The highest BCUT2D eigenvalue weighted by Gasteiger charge is 2.25. The highest BCUT2D eigenvalue weighted by atomic mass is 16.5. The molecule has 1 saturated heterocycles. The zero-order valence-electron chi connectivity index (χ0n) is 13.9. The van der Waals surface area contributed by atoms with E-state index in [-0.39, 0.29) is 24.0 Å². The lowest BCUT2D eigenvalue weighted by molar-refractivity contribution is -0.131. The average Bonchev–Trinajstić information content (AvgIpc) is 2.53. The van der Waals surface area contributed by atoms with Gasteiger partial charge in [0, 0.05) is 12.6 Å². The third-order valence-corrected chi connectivity index (χ3v) is 3.82. The van der Waals surface area contributed by atoms with E-state index >= 15 is 0 Å². The average molecular weight is 318 g/mol. The minimum Gasteiger partial charge on any atom is -0.378 e. The number of benzene rings is 1. The van der Waals surface area contributed by atoms with Crippen molar-refractivity contribution < 1.29 is 14.3 Å². The Kier molecular flexibility index (Phi) is 6.59. The van der Waals surface area contributed by atoms with Gasteiger partial charge in [-0.15, -0.1) is 0 Å². The van der Waals surface area contributed by atoms with Crippen molar-refractivity contribution in [2.24, 2.45) is 0 Å². The van der Waals surface area contributed by atoms with Crippen LogP contribution in [0.2, 0.25) is 0 Å². The molecule has 0 saturated carbocycles. The highest BCUT2D eigenvalue weighted by Crippen LogP contribution is 2.17. The molecule has 23 heavy (non-hydrogen) atoms. The maximum Gasteiger partial charge on any atom is 0.247 e. The van der Waals surface area contributed by atoms with Gasteiger partial charge in [0.25, 0.3) is 0 Å². The Morgan fingerprint density at radius 3 is 2.52 bits per heavy atom. The Morgan fingerprint density at radius 1 is 1.17 bits per heavy atom. The molecule has 0 spiro atoms. The molecule has 126 valence electrons. The molecule has 1 fully saturated rings. The van der Waals surface area contributed by atoms with Crippen LogP contribution in [-0.4, -0.2) is 30.6 Å². The molecule has 5 nitrogen and oxygen atoms in total. The third kappa shape index (κ3) is 5.67. The number of rotatable bonds is 6. The Hall–Kier alpha value is -1.88. The van der Waals surface area contributed by atoms with E-state index in [0.29, 0.717) is 13.0 Å². The first kappa shape index (κ1) is 17.5. The first-order valence-electron chi connectivity index (χ1n) is 8.32. The molecule has 2 amide bonds. The summed E-state index contributed by atoms with van der Waals surface area (Å²) in [5.41, 5.74) is 0.781. The Labute approximate surface area is 137 Å². The van der Waals surface area contributed by atoms with Gasteiger partial charge < -0.3 is 15.4 Å². The Bertz CT molecular complexity index is 510. The van der Waals surface area contributed by atoms with E-state index in [1.807, 2.05) is 44.2 Å². The second kappa shape index (κ2) is 8.67. The fraction of sp³-hybridized carbons (Fsp3) is 0.556. The lowest BCUT2D eigenvalue weighted by Crippen LogP contribution is -2.43. The molecular formula is C18H26N2O3. The summed E-state index contributed by atoms with van der Waals surface area (Å²) < 4.78 is 5.60. The fourth-order valence-corrected chi connectivity index (χ4v) is 2.71. The van der Waals surface area contributed by atoms with Crippen molar-refractivity contribution in [3.8, 4) is 0 Å². The predicted molar refractivity (Wildman–Crippen MR) is 88.8 cm³/mol. The van der Waals surface area contributed by atoms with E-state index in [2.05, 4.69) is 10.6 Å². The normalized spacial score (nSPS) is 19.2. The van der Waals surface area contributed by atoms with Crippen LogP contribution >= 0.6 is 0 Å². The number of nitrogens with one attached hydrogen (secondary N) is 2. The lowest BCUT2D eigenvalue weighted by Gasteiger charge is -2.24. The van der Waals surface area contributed by atoms with Crippen LogP contribution in [0.25, 0.3) is 0 Å². The van der Waals surface area contributed by atoms with E-state index in [1.54, 1.807) is 0 Å². The topological polar surface area (TPSA) is 67.4 Å². The number of amides is 2. The highest BCUT2D eigenvalue weighted by molar-refractivity contribution is 5.88. The van der Waals surface area contributed by atoms with Gasteiger partial charge in [-0.05, 0) is 38.7 Å². The van der Waals surface area contributed by atoms with Gasteiger partial charge in [-0.1, -0.05) is 30.3 Å². The van der Waals surface area contributed by atoms with Gasteiger partial charge in [0.05, 0.1) is 12.5 Å². The number of carbonyl (C=O) groups excluding carboxylic acids is 2. The molecule has 0 aliphatic carbocycles. The predicted octanol–water partition coefficient (Wildman–Crippen LogP) is 2.33. The number of hydrogen-bond donors (Lipinski definition) is 2. The molecule has 2 N–H and O–H groups in total. The summed E-state index contributed by atoms with van der Waals surface area (Å²) in [5.74, 6) is -0.339. The molecule has 1 aliphatic heterocycles. The molecule has 2 rings (SSSR count). The summed E-state index contributed by atoms with van der Waals surface area (Å²) in [7, 11) is 0. The molecule has 1 heterocycles.